The zero-order chi connectivity index (χ0) is 20.5. The van der Waals surface area contributed by atoms with Gasteiger partial charge in [-0.2, -0.15) is 0 Å². The number of hydrogen-bond donors (Lipinski definition) is 1. The van der Waals surface area contributed by atoms with Crippen LogP contribution in [0.4, 0.5) is 0 Å². The van der Waals surface area contributed by atoms with Gasteiger partial charge in [0.15, 0.2) is 5.96 Å². The molecule has 6 nitrogen and oxygen atoms in total. The number of halogens is 1. The van der Waals surface area contributed by atoms with Gasteiger partial charge in [-0.25, -0.2) is 0 Å². The van der Waals surface area contributed by atoms with Gasteiger partial charge >= 0.3 is 0 Å². The topological polar surface area (TPSA) is 55.3 Å². The number of aliphatic imine (C=N–C) groups is 1. The van der Waals surface area contributed by atoms with E-state index in [1.165, 1.54) is 24.0 Å². The first-order valence-corrected chi connectivity index (χ1v) is 11.0. The maximum Gasteiger partial charge on any atom is 0.193 e. The van der Waals surface area contributed by atoms with E-state index < -0.39 is 0 Å². The summed E-state index contributed by atoms with van der Waals surface area (Å²) in [5, 5.41) is 3.44. The molecular formula is C23H38IN3O3. The smallest absolute Gasteiger partial charge is 0.193 e. The monoisotopic (exact) mass is 531 g/mol. The van der Waals surface area contributed by atoms with Crippen LogP contribution in [0.5, 0.6) is 5.75 Å². The van der Waals surface area contributed by atoms with Gasteiger partial charge < -0.3 is 24.4 Å². The lowest BCUT2D eigenvalue weighted by atomic mass is 10.1. The van der Waals surface area contributed by atoms with Crippen LogP contribution in [-0.2, 0) is 9.47 Å². The van der Waals surface area contributed by atoms with E-state index >= 15 is 0 Å². The van der Waals surface area contributed by atoms with Gasteiger partial charge in [0.05, 0.1) is 25.4 Å². The van der Waals surface area contributed by atoms with Gasteiger partial charge in [0.1, 0.15) is 12.4 Å². The van der Waals surface area contributed by atoms with Crippen LogP contribution in [0.15, 0.2) is 23.2 Å². The highest BCUT2D eigenvalue weighted by atomic mass is 127. The number of nitrogens with one attached hydrogen (secondary N) is 1. The molecule has 2 fully saturated rings. The molecular weight excluding hydrogens is 493 g/mol. The summed E-state index contributed by atoms with van der Waals surface area (Å²) in [5.41, 5.74) is 2.35. The lowest BCUT2D eigenvalue weighted by molar-refractivity contribution is -0.0721. The molecule has 0 saturated carbocycles. The molecule has 3 rings (SSSR count). The molecule has 0 amide bonds. The lowest BCUT2D eigenvalue weighted by Gasteiger charge is -2.35. The molecule has 7 heteroatoms. The largest absolute Gasteiger partial charge is 0.491 e. The average molecular weight is 531 g/mol. The first-order chi connectivity index (χ1) is 14.2. The summed E-state index contributed by atoms with van der Waals surface area (Å²) >= 11 is 0. The fourth-order valence-corrected chi connectivity index (χ4v) is 4.09. The molecule has 2 aliphatic heterocycles. The highest BCUT2D eigenvalue weighted by Crippen LogP contribution is 2.22. The third kappa shape index (κ3) is 7.57. The van der Waals surface area contributed by atoms with Gasteiger partial charge in [-0.1, -0.05) is 18.2 Å². The molecule has 0 aromatic heterocycles. The van der Waals surface area contributed by atoms with Crippen molar-refractivity contribution in [2.75, 3.05) is 46.5 Å². The highest BCUT2D eigenvalue weighted by molar-refractivity contribution is 14.0. The maximum atomic E-state index is 6.12. The number of guanidine groups is 1. The van der Waals surface area contributed by atoms with E-state index in [2.05, 4.69) is 47.3 Å². The Morgan fingerprint density at radius 3 is 2.53 bits per heavy atom. The van der Waals surface area contributed by atoms with Crippen LogP contribution in [0, 0.1) is 13.8 Å². The summed E-state index contributed by atoms with van der Waals surface area (Å²) in [6, 6.07) is 6.23. The van der Waals surface area contributed by atoms with Crippen molar-refractivity contribution in [1.29, 1.82) is 0 Å². The number of nitrogens with zero attached hydrogens (tertiary/aromatic N) is 2. The molecule has 0 aliphatic carbocycles. The summed E-state index contributed by atoms with van der Waals surface area (Å²) in [6.45, 7) is 9.08. The standard InChI is InChI=1S/C23H37N3O3.HI/c1-18-7-6-8-19(2)22(18)28-16-12-25-23(24-3)26-13-10-20(11-14-26)29-17-21-9-4-5-15-27-21;/h6-8,20-21H,4-5,9-17H2,1-3H3,(H,24,25);1H. The van der Waals surface area contributed by atoms with Crippen molar-refractivity contribution < 1.29 is 14.2 Å². The summed E-state index contributed by atoms with van der Waals surface area (Å²) in [6.07, 6.45) is 6.30. The lowest BCUT2D eigenvalue weighted by Crippen LogP contribution is -2.48. The highest BCUT2D eigenvalue weighted by Gasteiger charge is 2.23. The maximum absolute atomic E-state index is 6.12. The predicted octanol–water partition coefficient (Wildman–Crippen LogP) is 3.93. The molecule has 1 aromatic rings. The molecule has 0 spiro atoms. The van der Waals surface area contributed by atoms with E-state index in [0.29, 0.717) is 18.8 Å². The molecule has 2 aliphatic rings. The fraction of sp³-hybridized carbons (Fsp3) is 0.696. The van der Waals surface area contributed by atoms with Crippen LogP contribution < -0.4 is 10.1 Å². The zero-order valence-electron chi connectivity index (χ0n) is 18.7. The van der Waals surface area contributed by atoms with Gasteiger partial charge in [-0.3, -0.25) is 4.99 Å². The molecule has 0 bridgehead atoms. The quantitative estimate of drug-likeness (QED) is 0.250. The minimum Gasteiger partial charge on any atom is -0.491 e. The van der Waals surface area contributed by atoms with Gasteiger partial charge in [-0.15, -0.1) is 24.0 Å². The first-order valence-electron chi connectivity index (χ1n) is 11.0. The van der Waals surface area contributed by atoms with Crippen molar-refractivity contribution in [3.63, 3.8) is 0 Å². The Labute approximate surface area is 198 Å². The van der Waals surface area contributed by atoms with E-state index in [1.54, 1.807) is 0 Å². The molecule has 1 aromatic carbocycles. The van der Waals surface area contributed by atoms with Gasteiger partial charge in [0.2, 0.25) is 0 Å². The Bertz CT molecular complexity index is 637. The van der Waals surface area contributed by atoms with Crippen LogP contribution in [0.25, 0.3) is 0 Å². The van der Waals surface area contributed by atoms with Crippen molar-refractivity contribution >= 4 is 29.9 Å². The van der Waals surface area contributed by atoms with E-state index in [1.807, 2.05) is 7.05 Å². The summed E-state index contributed by atoms with van der Waals surface area (Å²) in [5.74, 6) is 1.94. The fourth-order valence-electron chi connectivity index (χ4n) is 4.09. The molecule has 1 N–H and O–H groups in total. The number of para-hydroxylation sites is 1. The number of likely N-dealkylation sites (tertiary alicyclic amines) is 1. The van der Waals surface area contributed by atoms with E-state index in [0.717, 1.165) is 63.8 Å². The second kappa shape index (κ2) is 13.4. The summed E-state index contributed by atoms with van der Waals surface area (Å²) in [7, 11) is 1.84. The Kier molecular flexibility index (Phi) is 11.2. The van der Waals surface area contributed by atoms with Crippen molar-refractivity contribution in [2.24, 2.45) is 4.99 Å². The van der Waals surface area contributed by atoms with E-state index in [9.17, 15) is 0 Å². The summed E-state index contributed by atoms with van der Waals surface area (Å²) < 4.78 is 17.9. The third-order valence-electron chi connectivity index (χ3n) is 5.79. The van der Waals surface area contributed by atoms with Crippen molar-refractivity contribution in [3.05, 3.63) is 29.3 Å². The molecule has 1 unspecified atom stereocenters. The van der Waals surface area contributed by atoms with Crippen LogP contribution in [0.1, 0.15) is 43.2 Å². The average Bonchev–Trinajstić information content (AvgIpc) is 2.75. The Morgan fingerprint density at radius 1 is 1.17 bits per heavy atom. The van der Waals surface area contributed by atoms with Crippen molar-refractivity contribution in [1.82, 2.24) is 10.2 Å². The second-order valence-corrected chi connectivity index (χ2v) is 8.05. The van der Waals surface area contributed by atoms with Crippen LogP contribution in [0.3, 0.4) is 0 Å². The molecule has 2 heterocycles. The van der Waals surface area contributed by atoms with E-state index in [4.69, 9.17) is 14.2 Å². The van der Waals surface area contributed by atoms with E-state index in [-0.39, 0.29) is 24.0 Å². The van der Waals surface area contributed by atoms with Gasteiger partial charge in [0, 0.05) is 26.7 Å². The van der Waals surface area contributed by atoms with Crippen LogP contribution in [0.2, 0.25) is 0 Å². The molecule has 170 valence electrons. The van der Waals surface area contributed by atoms with Crippen molar-refractivity contribution in [3.8, 4) is 5.75 Å². The summed E-state index contributed by atoms with van der Waals surface area (Å²) in [4.78, 5) is 6.77. The normalized spacial score (nSPS) is 20.6. The SMILES string of the molecule is CN=C(NCCOc1c(C)cccc1C)N1CCC(OCC2CCCCO2)CC1.I. The number of piperidine rings is 1. The van der Waals surface area contributed by atoms with Crippen molar-refractivity contribution in [2.45, 2.75) is 58.2 Å². The minimum atomic E-state index is 0. The molecule has 2 saturated heterocycles. The first kappa shape index (κ1) is 25.2. The molecule has 1 atom stereocenters. The van der Waals surface area contributed by atoms with Gasteiger partial charge in [0.25, 0.3) is 0 Å². The number of rotatable bonds is 7. The zero-order valence-corrected chi connectivity index (χ0v) is 21.0. The Morgan fingerprint density at radius 2 is 1.90 bits per heavy atom. The van der Waals surface area contributed by atoms with Gasteiger partial charge in [-0.05, 0) is 57.1 Å². The van der Waals surface area contributed by atoms with Crippen LogP contribution >= 0.6 is 24.0 Å². The molecule has 30 heavy (non-hydrogen) atoms. The predicted molar refractivity (Wildman–Crippen MR) is 132 cm³/mol. The number of benzene rings is 1. The van der Waals surface area contributed by atoms with Crippen LogP contribution in [-0.4, -0.2) is 69.6 Å². The number of hydrogen-bond acceptors (Lipinski definition) is 4. The second-order valence-electron chi connectivity index (χ2n) is 8.05. The minimum absolute atomic E-state index is 0. The number of aryl methyl sites for hydroxylation is 2. The molecule has 0 radical (unpaired) electrons. The Balaban J connectivity index is 0.00000320. The third-order valence-corrected chi connectivity index (χ3v) is 5.79. The Hall–Kier alpha value is -1.06. The number of ether oxygens (including phenoxy) is 3.